The maximum atomic E-state index is 11.2. The second kappa shape index (κ2) is 21.9. The number of halogens is 1. The maximum Gasteiger partial charge on any atom is 0.305 e. The van der Waals surface area contributed by atoms with Crippen LogP contribution in [0.5, 0.6) is 0 Å². The highest BCUT2D eigenvalue weighted by atomic mass is 127. The van der Waals surface area contributed by atoms with E-state index in [-0.39, 0.29) is 29.9 Å². The molecule has 0 saturated carbocycles. The molecular formula is C18H38IN3O2S. The Labute approximate surface area is 175 Å². The molecule has 0 aromatic carbocycles. The third-order valence-corrected chi connectivity index (χ3v) is 4.22. The van der Waals surface area contributed by atoms with Crippen LogP contribution in [0.3, 0.4) is 0 Å². The van der Waals surface area contributed by atoms with E-state index in [4.69, 9.17) is 4.74 Å². The maximum absolute atomic E-state index is 11.2. The molecule has 0 fully saturated rings. The number of carbonyl (C=O) groups is 1. The minimum absolute atomic E-state index is 0. The number of aliphatic imine (C=N–C) groups is 1. The predicted molar refractivity (Wildman–Crippen MR) is 121 cm³/mol. The van der Waals surface area contributed by atoms with E-state index >= 15 is 0 Å². The lowest BCUT2D eigenvalue weighted by atomic mass is 10.1. The summed E-state index contributed by atoms with van der Waals surface area (Å²) >= 11 is 1.90. The monoisotopic (exact) mass is 487 g/mol. The molecule has 0 aromatic rings. The fraction of sp³-hybridized carbons (Fsp3) is 0.889. The van der Waals surface area contributed by atoms with E-state index in [0.29, 0.717) is 13.0 Å². The van der Waals surface area contributed by atoms with Crippen LogP contribution < -0.4 is 10.6 Å². The van der Waals surface area contributed by atoms with Crippen LogP contribution in [-0.4, -0.2) is 50.2 Å². The number of nitrogens with zero attached hydrogens (tertiary/aromatic N) is 1. The summed E-state index contributed by atoms with van der Waals surface area (Å²) in [5.74, 6) is 2.09. The fourth-order valence-corrected chi connectivity index (χ4v) is 2.75. The van der Waals surface area contributed by atoms with E-state index in [1.807, 2.05) is 18.7 Å². The number of unbranched alkanes of at least 4 members (excludes halogenated alkanes) is 5. The van der Waals surface area contributed by atoms with Crippen LogP contribution in [-0.2, 0) is 9.53 Å². The predicted octanol–water partition coefficient (Wildman–Crippen LogP) is 4.21. The quantitative estimate of drug-likeness (QED) is 0.119. The molecule has 0 unspecified atom stereocenters. The Kier molecular flexibility index (Phi) is 23.6. The van der Waals surface area contributed by atoms with Crippen molar-refractivity contribution in [3.8, 4) is 0 Å². The molecule has 7 heteroatoms. The van der Waals surface area contributed by atoms with Gasteiger partial charge < -0.3 is 15.4 Å². The van der Waals surface area contributed by atoms with Crippen molar-refractivity contribution in [1.29, 1.82) is 0 Å². The summed E-state index contributed by atoms with van der Waals surface area (Å²) in [5.41, 5.74) is 0. The average molecular weight is 487 g/mol. The number of rotatable bonds is 15. The number of hydrogen-bond donors (Lipinski definition) is 2. The lowest BCUT2D eigenvalue weighted by molar-refractivity contribution is -0.143. The standard InChI is InChI=1S/C18H37N3O2S.HI/c1-4-19-18(21-15-11-12-16-24-3)20-14-10-8-6-7-9-13-17(22)23-5-2;/h4-16H2,1-3H3,(H2,19,20,21);1H. The summed E-state index contributed by atoms with van der Waals surface area (Å²) < 4.78 is 4.92. The van der Waals surface area contributed by atoms with Crippen molar-refractivity contribution in [1.82, 2.24) is 10.6 Å². The highest BCUT2D eigenvalue weighted by molar-refractivity contribution is 14.0. The second-order valence-corrected chi connectivity index (χ2v) is 6.70. The number of esters is 1. The molecule has 2 N–H and O–H groups in total. The lowest BCUT2D eigenvalue weighted by Gasteiger charge is -2.11. The van der Waals surface area contributed by atoms with Gasteiger partial charge in [-0.05, 0) is 51.5 Å². The number of guanidine groups is 1. The van der Waals surface area contributed by atoms with Crippen molar-refractivity contribution < 1.29 is 9.53 Å². The van der Waals surface area contributed by atoms with Crippen molar-refractivity contribution in [2.24, 2.45) is 4.99 Å². The molecule has 0 radical (unpaired) electrons. The molecule has 0 rings (SSSR count). The van der Waals surface area contributed by atoms with E-state index in [1.54, 1.807) is 0 Å². The first-order valence-electron chi connectivity index (χ1n) is 9.41. The van der Waals surface area contributed by atoms with E-state index in [0.717, 1.165) is 51.3 Å². The van der Waals surface area contributed by atoms with Crippen molar-refractivity contribution in [3.63, 3.8) is 0 Å². The van der Waals surface area contributed by atoms with Crippen molar-refractivity contribution in [2.45, 2.75) is 65.2 Å². The Morgan fingerprint density at radius 2 is 1.72 bits per heavy atom. The van der Waals surface area contributed by atoms with E-state index < -0.39 is 0 Å². The van der Waals surface area contributed by atoms with Crippen LogP contribution in [0, 0.1) is 0 Å². The summed E-state index contributed by atoms with van der Waals surface area (Å²) in [6, 6.07) is 0. The van der Waals surface area contributed by atoms with Crippen molar-refractivity contribution in [2.75, 3.05) is 38.2 Å². The molecule has 150 valence electrons. The first-order valence-corrected chi connectivity index (χ1v) is 10.8. The van der Waals surface area contributed by atoms with Crippen LogP contribution in [0.1, 0.15) is 65.2 Å². The Morgan fingerprint density at radius 1 is 1.00 bits per heavy atom. The van der Waals surface area contributed by atoms with Gasteiger partial charge in [-0.2, -0.15) is 11.8 Å². The minimum Gasteiger partial charge on any atom is -0.466 e. The Balaban J connectivity index is 0. The molecule has 0 amide bonds. The fourth-order valence-electron chi connectivity index (χ4n) is 2.26. The Hall–Kier alpha value is -0.180. The van der Waals surface area contributed by atoms with E-state index in [1.165, 1.54) is 25.0 Å². The van der Waals surface area contributed by atoms with Crippen LogP contribution in [0.25, 0.3) is 0 Å². The van der Waals surface area contributed by atoms with Crippen LogP contribution >= 0.6 is 35.7 Å². The molecule has 0 aliphatic heterocycles. The molecule has 0 bridgehead atoms. The van der Waals surface area contributed by atoms with Gasteiger partial charge in [-0.25, -0.2) is 0 Å². The SMILES string of the molecule is CCNC(=NCCCCCCCC(=O)OCC)NCCCCSC.I. The van der Waals surface area contributed by atoms with Crippen LogP contribution in [0.15, 0.2) is 4.99 Å². The highest BCUT2D eigenvalue weighted by Gasteiger charge is 2.00. The molecule has 0 atom stereocenters. The van der Waals surface area contributed by atoms with Crippen LogP contribution in [0.2, 0.25) is 0 Å². The molecular weight excluding hydrogens is 449 g/mol. The number of ether oxygens (including phenoxy) is 1. The average Bonchev–Trinajstić information content (AvgIpc) is 2.57. The summed E-state index contributed by atoms with van der Waals surface area (Å²) in [6.07, 6.45) is 10.6. The zero-order valence-corrected chi connectivity index (χ0v) is 19.4. The van der Waals surface area contributed by atoms with E-state index in [2.05, 4.69) is 28.8 Å². The summed E-state index contributed by atoms with van der Waals surface area (Å²) in [5, 5.41) is 6.68. The third-order valence-electron chi connectivity index (χ3n) is 3.53. The normalized spacial score (nSPS) is 10.9. The largest absolute Gasteiger partial charge is 0.466 e. The van der Waals surface area contributed by atoms with Crippen molar-refractivity contribution >= 4 is 47.7 Å². The highest BCUT2D eigenvalue weighted by Crippen LogP contribution is 2.06. The number of carbonyl (C=O) groups excluding carboxylic acids is 1. The van der Waals surface area contributed by atoms with E-state index in [9.17, 15) is 4.79 Å². The zero-order chi connectivity index (χ0) is 17.9. The van der Waals surface area contributed by atoms with Gasteiger partial charge >= 0.3 is 5.97 Å². The molecule has 25 heavy (non-hydrogen) atoms. The van der Waals surface area contributed by atoms with Gasteiger partial charge in [0.05, 0.1) is 6.61 Å². The molecule has 0 spiro atoms. The third kappa shape index (κ3) is 20.0. The van der Waals surface area contributed by atoms with Gasteiger partial charge in [0, 0.05) is 26.1 Å². The molecule has 5 nitrogen and oxygen atoms in total. The number of nitrogens with one attached hydrogen (secondary N) is 2. The van der Waals surface area contributed by atoms with Gasteiger partial charge in [0.25, 0.3) is 0 Å². The van der Waals surface area contributed by atoms with Gasteiger partial charge in [-0.1, -0.05) is 19.3 Å². The molecule has 0 aromatic heterocycles. The molecule has 0 saturated heterocycles. The van der Waals surface area contributed by atoms with Crippen LogP contribution in [0.4, 0.5) is 0 Å². The minimum atomic E-state index is -0.0685. The van der Waals surface area contributed by atoms with Gasteiger partial charge in [-0.3, -0.25) is 9.79 Å². The molecule has 0 aliphatic carbocycles. The first-order chi connectivity index (χ1) is 11.7. The topological polar surface area (TPSA) is 62.7 Å². The molecule has 0 heterocycles. The summed E-state index contributed by atoms with van der Waals surface area (Å²) in [7, 11) is 0. The Morgan fingerprint density at radius 3 is 2.40 bits per heavy atom. The zero-order valence-electron chi connectivity index (χ0n) is 16.3. The lowest BCUT2D eigenvalue weighted by Crippen LogP contribution is -2.37. The van der Waals surface area contributed by atoms with Gasteiger partial charge in [0.1, 0.15) is 0 Å². The second-order valence-electron chi connectivity index (χ2n) is 5.71. The Bertz CT molecular complexity index is 331. The van der Waals surface area contributed by atoms with Gasteiger partial charge in [0.15, 0.2) is 5.96 Å². The van der Waals surface area contributed by atoms with Gasteiger partial charge in [-0.15, -0.1) is 24.0 Å². The first kappa shape index (κ1) is 27.0. The summed E-state index contributed by atoms with van der Waals surface area (Å²) in [6.45, 7) is 7.16. The summed E-state index contributed by atoms with van der Waals surface area (Å²) in [4.78, 5) is 15.8. The van der Waals surface area contributed by atoms with Crippen molar-refractivity contribution in [3.05, 3.63) is 0 Å². The van der Waals surface area contributed by atoms with Gasteiger partial charge in [0.2, 0.25) is 0 Å². The molecule has 0 aliphatic rings. The number of hydrogen-bond acceptors (Lipinski definition) is 4. The smallest absolute Gasteiger partial charge is 0.305 e. The number of thioether (sulfide) groups is 1.